The smallest absolute Gasteiger partial charge is 0.351 e. The molecule has 1 aliphatic carbocycles. The summed E-state index contributed by atoms with van der Waals surface area (Å²) in [5.41, 5.74) is 4.81. The first kappa shape index (κ1) is 19.8. The van der Waals surface area contributed by atoms with Crippen LogP contribution in [-0.4, -0.2) is 16.0 Å². The molecule has 2 aromatic rings. The highest BCUT2D eigenvalue weighted by Gasteiger charge is 2.34. The second-order valence-corrected chi connectivity index (χ2v) is 7.16. The van der Waals surface area contributed by atoms with Crippen LogP contribution in [0.3, 0.4) is 0 Å². The monoisotopic (exact) mass is 419 g/mol. The number of aromatic nitrogens is 2. The van der Waals surface area contributed by atoms with E-state index in [2.05, 4.69) is 26.1 Å². The van der Waals surface area contributed by atoms with Crippen LogP contribution in [-0.2, 0) is 6.18 Å². The van der Waals surface area contributed by atoms with Gasteiger partial charge < -0.3 is 5.32 Å². The minimum Gasteiger partial charge on any atom is -0.351 e. The number of nitrogens with one attached hydrogen (secondary N) is 3. The lowest BCUT2D eigenvalue weighted by Gasteiger charge is -2.23. The van der Waals surface area contributed by atoms with E-state index in [-0.39, 0.29) is 17.8 Å². The Bertz CT molecular complexity index is 795. The molecule has 1 aliphatic rings. The first-order valence-corrected chi connectivity index (χ1v) is 9.27. The molecule has 1 saturated carbocycles. The molecule has 1 heterocycles. The Labute approximate surface area is 164 Å². The fraction of sp³-hybridized carbons (Fsp3) is 0.412. The zero-order valence-corrected chi connectivity index (χ0v) is 15.7. The van der Waals surface area contributed by atoms with Gasteiger partial charge in [0.05, 0.1) is 10.7 Å². The summed E-state index contributed by atoms with van der Waals surface area (Å²) in [7, 11) is 0. The molecule has 0 radical (unpaired) electrons. The zero-order chi connectivity index (χ0) is 19.4. The number of benzene rings is 1. The van der Waals surface area contributed by atoms with E-state index in [0.29, 0.717) is 15.7 Å². The summed E-state index contributed by atoms with van der Waals surface area (Å²) in [6.45, 7) is 0. The summed E-state index contributed by atoms with van der Waals surface area (Å²) in [5.74, 6) is -0.0788. The highest BCUT2D eigenvalue weighted by atomic mass is 35.5. The van der Waals surface area contributed by atoms with Gasteiger partial charge in [0.15, 0.2) is 11.5 Å². The molecule has 5 nitrogen and oxygen atoms in total. The van der Waals surface area contributed by atoms with Crippen molar-refractivity contribution < 1.29 is 13.2 Å². The van der Waals surface area contributed by atoms with Crippen molar-refractivity contribution in [3.8, 4) is 0 Å². The highest BCUT2D eigenvalue weighted by molar-refractivity contribution is 6.36. The van der Waals surface area contributed by atoms with Gasteiger partial charge >= 0.3 is 6.18 Å². The fourth-order valence-electron chi connectivity index (χ4n) is 2.87. The molecular weight excluding hydrogens is 402 g/mol. The summed E-state index contributed by atoms with van der Waals surface area (Å²) in [5, 5.41) is 3.79. The Morgan fingerprint density at radius 2 is 1.70 bits per heavy atom. The summed E-state index contributed by atoms with van der Waals surface area (Å²) in [6.07, 6.45) is 0.416. The van der Waals surface area contributed by atoms with E-state index in [9.17, 15) is 13.2 Å². The van der Waals surface area contributed by atoms with Crippen molar-refractivity contribution in [1.82, 2.24) is 9.97 Å². The minimum atomic E-state index is -4.58. The largest absolute Gasteiger partial charge is 0.433 e. The van der Waals surface area contributed by atoms with Crippen molar-refractivity contribution in [2.24, 2.45) is 0 Å². The van der Waals surface area contributed by atoms with Crippen molar-refractivity contribution in [3.63, 3.8) is 0 Å². The van der Waals surface area contributed by atoms with Crippen LogP contribution in [0, 0.1) is 0 Å². The first-order chi connectivity index (χ1) is 12.8. The molecule has 1 aromatic carbocycles. The van der Waals surface area contributed by atoms with Crippen LogP contribution >= 0.6 is 23.2 Å². The molecule has 0 spiro atoms. The van der Waals surface area contributed by atoms with Crippen LogP contribution in [0.15, 0.2) is 24.3 Å². The Morgan fingerprint density at radius 1 is 0.963 bits per heavy atom. The molecular formula is C17H18Cl2F3N5. The van der Waals surface area contributed by atoms with E-state index in [0.717, 1.165) is 38.2 Å². The number of rotatable bonds is 5. The number of halogens is 5. The average Bonchev–Trinajstić information content (AvgIpc) is 2.61. The topological polar surface area (TPSA) is 61.9 Å². The molecule has 1 fully saturated rings. The van der Waals surface area contributed by atoms with Crippen LogP contribution in [0.2, 0.25) is 10.0 Å². The van der Waals surface area contributed by atoms with Crippen LogP contribution in [0.5, 0.6) is 0 Å². The lowest BCUT2D eigenvalue weighted by molar-refractivity contribution is -0.141. The van der Waals surface area contributed by atoms with E-state index in [1.807, 2.05) is 0 Å². The Morgan fingerprint density at radius 3 is 2.37 bits per heavy atom. The number of hydrazine groups is 1. The van der Waals surface area contributed by atoms with Crippen molar-refractivity contribution in [3.05, 3.63) is 40.0 Å². The van der Waals surface area contributed by atoms with Gasteiger partial charge in [0.25, 0.3) is 0 Å². The van der Waals surface area contributed by atoms with Gasteiger partial charge in [-0.2, -0.15) is 18.2 Å². The van der Waals surface area contributed by atoms with Gasteiger partial charge in [-0.05, 0) is 31.0 Å². The molecule has 3 N–H and O–H groups in total. The van der Waals surface area contributed by atoms with Crippen molar-refractivity contribution in [2.75, 3.05) is 16.2 Å². The van der Waals surface area contributed by atoms with E-state index < -0.39 is 11.9 Å². The molecule has 27 heavy (non-hydrogen) atoms. The van der Waals surface area contributed by atoms with Gasteiger partial charge in [-0.15, -0.1) is 0 Å². The zero-order valence-electron chi connectivity index (χ0n) is 14.2. The van der Waals surface area contributed by atoms with Crippen LogP contribution < -0.4 is 16.2 Å². The summed E-state index contributed by atoms with van der Waals surface area (Å²) < 4.78 is 39.6. The normalized spacial score (nSPS) is 15.4. The SMILES string of the molecule is FC(F)(F)c1cc(NNc2ccc(Cl)cc2Cl)nc(NC2CCCCC2)n1. The van der Waals surface area contributed by atoms with Gasteiger partial charge in [0.1, 0.15) is 0 Å². The molecule has 1 aromatic heterocycles. The molecule has 10 heteroatoms. The third-order valence-corrected chi connectivity index (χ3v) is 4.76. The highest BCUT2D eigenvalue weighted by Crippen LogP contribution is 2.31. The molecule has 0 saturated heterocycles. The first-order valence-electron chi connectivity index (χ1n) is 8.51. The summed E-state index contributed by atoms with van der Waals surface area (Å²) >= 11 is 11.9. The molecule has 146 valence electrons. The van der Waals surface area contributed by atoms with Crippen LogP contribution in [0.4, 0.5) is 30.6 Å². The van der Waals surface area contributed by atoms with E-state index in [4.69, 9.17) is 23.2 Å². The maximum atomic E-state index is 13.2. The molecule has 0 aliphatic heterocycles. The summed E-state index contributed by atoms with van der Waals surface area (Å²) in [4.78, 5) is 7.76. The number of hydrogen-bond acceptors (Lipinski definition) is 5. The predicted octanol–water partition coefficient (Wildman–Crippen LogP) is 5.99. The fourth-order valence-corrected chi connectivity index (χ4v) is 3.33. The number of anilines is 3. The lowest BCUT2D eigenvalue weighted by atomic mass is 9.96. The molecule has 0 bridgehead atoms. The van der Waals surface area contributed by atoms with Crippen molar-refractivity contribution in [1.29, 1.82) is 0 Å². The van der Waals surface area contributed by atoms with Crippen LogP contribution in [0.25, 0.3) is 0 Å². The van der Waals surface area contributed by atoms with Gasteiger partial charge in [-0.25, -0.2) is 4.98 Å². The number of alkyl halides is 3. The maximum Gasteiger partial charge on any atom is 0.433 e. The minimum absolute atomic E-state index is 0.0262. The Kier molecular flexibility index (Phi) is 6.16. The predicted molar refractivity (Wildman–Crippen MR) is 101 cm³/mol. The number of hydrogen-bond donors (Lipinski definition) is 3. The second kappa shape index (κ2) is 8.39. The van der Waals surface area contributed by atoms with Gasteiger partial charge in [0.2, 0.25) is 5.95 Å². The van der Waals surface area contributed by atoms with Gasteiger partial charge in [-0.3, -0.25) is 10.9 Å². The third kappa shape index (κ3) is 5.52. The summed E-state index contributed by atoms with van der Waals surface area (Å²) in [6, 6.07) is 5.64. The number of nitrogens with zero attached hydrogens (tertiary/aromatic N) is 2. The van der Waals surface area contributed by atoms with Crippen LogP contribution in [0.1, 0.15) is 37.8 Å². The quantitative estimate of drug-likeness (QED) is 0.519. The van der Waals surface area contributed by atoms with E-state index >= 15 is 0 Å². The third-order valence-electron chi connectivity index (χ3n) is 4.21. The van der Waals surface area contributed by atoms with Crippen molar-refractivity contribution >= 4 is 40.7 Å². The molecule has 0 atom stereocenters. The molecule has 0 amide bonds. The Balaban J connectivity index is 1.79. The van der Waals surface area contributed by atoms with E-state index in [1.54, 1.807) is 12.1 Å². The average molecular weight is 420 g/mol. The standard InChI is InChI=1S/C17H18Cl2F3N5/c18-10-6-7-13(12(19)8-10)26-27-15-9-14(17(20,21)22)24-16(25-15)23-11-4-2-1-3-5-11/h6-9,11,26H,1-5H2,(H2,23,24,25,27). The maximum absolute atomic E-state index is 13.2. The lowest BCUT2D eigenvalue weighted by Crippen LogP contribution is -2.25. The van der Waals surface area contributed by atoms with Crippen molar-refractivity contribution in [2.45, 2.75) is 44.3 Å². The second-order valence-electron chi connectivity index (χ2n) is 6.31. The van der Waals surface area contributed by atoms with E-state index in [1.165, 1.54) is 6.07 Å². The van der Waals surface area contributed by atoms with Gasteiger partial charge in [0, 0.05) is 17.1 Å². The Hall–Kier alpha value is -1.93. The van der Waals surface area contributed by atoms with Gasteiger partial charge in [-0.1, -0.05) is 42.5 Å². The molecule has 0 unspecified atom stereocenters. The molecule has 3 rings (SSSR count).